The number of piperazine rings is 1. The molecule has 1 aromatic heterocycles. The van der Waals surface area contributed by atoms with E-state index in [1.165, 1.54) is 11.1 Å². The fourth-order valence-corrected chi connectivity index (χ4v) is 5.39. The normalized spacial score (nSPS) is 26.4. The van der Waals surface area contributed by atoms with Crippen molar-refractivity contribution in [3.8, 4) is 0 Å². The predicted octanol–water partition coefficient (Wildman–Crippen LogP) is 1.17. The summed E-state index contributed by atoms with van der Waals surface area (Å²) in [5, 5.41) is 23.0. The Balaban J connectivity index is 1.43. The number of rotatable bonds is 2. The van der Waals surface area contributed by atoms with E-state index in [-0.39, 0.29) is 17.4 Å². The average molecular weight is 393 g/mol. The highest BCUT2D eigenvalue weighted by Crippen LogP contribution is 2.53. The van der Waals surface area contributed by atoms with Gasteiger partial charge in [-0.2, -0.15) is 5.10 Å². The minimum atomic E-state index is -0.517. The van der Waals surface area contributed by atoms with E-state index in [1.54, 1.807) is 0 Å². The summed E-state index contributed by atoms with van der Waals surface area (Å²) < 4.78 is 0. The van der Waals surface area contributed by atoms with Crippen LogP contribution in [0.1, 0.15) is 35.7 Å². The number of aliphatic hydroxyl groups excluding tert-OH is 1. The molecular formula is C22H27N5O2. The summed E-state index contributed by atoms with van der Waals surface area (Å²) >= 11 is 0. The summed E-state index contributed by atoms with van der Waals surface area (Å²) in [6.07, 6.45) is 1.20. The molecule has 2 saturated heterocycles. The average Bonchev–Trinajstić information content (AvgIpc) is 2.98. The van der Waals surface area contributed by atoms with Gasteiger partial charge in [0.2, 0.25) is 5.91 Å². The molecule has 0 saturated carbocycles. The van der Waals surface area contributed by atoms with Crippen LogP contribution >= 0.6 is 0 Å². The van der Waals surface area contributed by atoms with Gasteiger partial charge in [-0.05, 0) is 43.0 Å². The number of hydrogen-bond acceptors (Lipinski definition) is 6. The highest BCUT2D eigenvalue weighted by molar-refractivity contribution is 5.78. The number of carbonyl (C=O) groups excluding carboxylic acids is 1. The number of nitrogens with one attached hydrogen (secondary N) is 1. The molecule has 7 heteroatoms. The van der Waals surface area contributed by atoms with Gasteiger partial charge in [-0.15, -0.1) is 5.10 Å². The molecule has 2 N–H and O–H groups in total. The Hall–Kier alpha value is -2.51. The molecular weight excluding hydrogens is 366 g/mol. The fourth-order valence-electron chi connectivity index (χ4n) is 5.39. The number of aromatic nitrogens is 2. The predicted molar refractivity (Wildman–Crippen MR) is 110 cm³/mol. The van der Waals surface area contributed by atoms with Crippen molar-refractivity contribution < 1.29 is 9.90 Å². The minimum Gasteiger partial charge on any atom is -0.390 e. The van der Waals surface area contributed by atoms with Crippen molar-refractivity contribution in [2.75, 3.05) is 37.6 Å². The maximum Gasteiger partial charge on any atom is 0.234 e. The van der Waals surface area contributed by atoms with Crippen molar-refractivity contribution in [2.24, 2.45) is 0 Å². The molecule has 2 atom stereocenters. The summed E-state index contributed by atoms with van der Waals surface area (Å²) in [5.74, 6) is 0.935. The SMILES string of the molecule is Cc1ccc(N2CCC3(CC2)c2ccccc2[C@@H](N2CCNC(=O)C2)[C@@H]3O)nn1. The molecule has 29 heavy (non-hydrogen) atoms. The van der Waals surface area contributed by atoms with Gasteiger partial charge in [0.1, 0.15) is 0 Å². The van der Waals surface area contributed by atoms with E-state index in [4.69, 9.17) is 0 Å². The van der Waals surface area contributed by atoms with Crippen LogP contribution in [0.5, 0.6) is 0 Å². The molecule has 0 bridgehead atoms. The van der Waals surface area contributed by atoms with Crippen LogP contribution in [0.4, 0.5) is 5.82 Å². The van der Waals surface area contributed by atoms with Gasteiger partial charge in [0.25, 0.3) is 0 Å². The van der Waals surface area contributed by atoms with Crippen LogP contribution in [0.2, 0.25) is 0 Å². The summed E-state index contributed by atoms with van der Waals surface area (Å²) in [5.41, 5.74) is 3.07. The first-order valence-electron chi connectivity index (χ1n) is 10.4. The van der Waals surface area contributed by atoms with E-state index >= 15 is 0 Å². The van der Waals surface area contributed by atoms with Gasteiger partial charge in [0, 0.05) is 31.6 Å². The molecule has 2 aliphatic heterocycles. The molecule has 0 unspecified atom stereocenters. The van der Waals surface area contributed by atoms with E-state index in [2.05, 4.69) is 43.5 Å². The zero-order chi connectivity index (χ0) is 20.0. The highest BCUT2D eigenvalue weighted by Gasteiger charge is 2.54. The number of benzene rings is 1. The van der Waals surface area contributed by atoms with Gasteiger partial charge in [-0.25, -0.2) is 0 Å². The Morgan fingerprint density at radius 1 is 1.10 bits per heavy atom. The van der Waals surface area contributed by atoms with Crippen LogP contribution in [0.3, 0.4) is 0 Å². The lowest BCUT2D eigenvalue weighted by Gasteiger charge is -2.44. The Morgan fingerprint density at radius 3 is 2.62 bits per heavy atom. The second-order valence-electron chi connectivity index (χ2n) is 8.47. The van der Waals surface area contributed by atoms with Gasteiger partial charge >= 0.3 is 0 Å². The quantitative estimate of drug-likeness (QED) is 0.797. The molecule has 1 aliphatic carbocycles. The molecule has 1 spiro atoms. The van der Waals surface area contributed by atoms with Gasteiger partial charge in [0.15, 0.2) is 5.82 Å². The Kier molecular flexibility index (Phi) is 4.52. The van der Waals surface area contributed by atoms with Gasteiger partial charge < -0.3 is 15.3 Å². The first-order valence-corrected chi connectivity index (χ1v) is 10.4. The Morgan fingerprint density at radius 2 is 1.90 bits per heavy atom. The third kappa shape index (κ3) is 3.00. The first-order chi connectivity index (χ1) is 14.1. The van der Waals surface area contributed by atoms with Crippen LogP contribution < -0.4 is 10.2 Å². The smallest absolute Gasteiger partial charge is 0.234 e. The number of nitrogens with zero attached hydrogens (tertiary/aromatic N) is 4. The molecule has 7 nitrogen and oxygen atoms in total. The van der Waals surface area contributed by atoms with E-state index in [9.17, 15) is 9.90 Å². The Labute approximate surface area is 170 Å². The van der Waals surface area contributed by atoms with Crippen LogP contribution in [0.25, 0.3) is 0 Å². The highest BCUT2D eigenvalue weighted by atomic mass is 16.3. The topological polar surface area (TPSA) is 81.6 Å². The number of amides is 1. The molecule has 2 fully saturated rings. The van der Waals surface area contributed by atoms with Crippen LogP contribution in [-0.4, -0.2) is 64.9 Å². The molecule has 1 amide bonds. The number of carbonyl (C=O) groups is 1. The van der Waals surface area contributed by atoms with E-state index in [0.717, 1.165) is 44.0 Å². The number of hydrogen-bond donors (Lipinski definition) is 2. The van der Waals surface area contributed by atoms with Gasteiger partial charge in [0.05, 0.1) is 24.4 Å². The molecule has 3 heterocycles. The van der Waals surface area contributed by atoms with Crippen molar-refractivity contribution in [3.63, 3.8) is 0 Å². The molecule has 1 aromatic carbocycles. The van der Waals surface area contributed by atoms with Crippen molar-refractivity contribution in [2.45, 2.75) is 37.3 Å². The summed E-state index contributed by atoms with van der Waals surface area (Å²) in [6, 6.07) is 12.3. The second-order valence-corrected chi connectivity index (χ2v) is 8.47. The van der Waals surface area contributed by atoms with Crippen molar-refractivity contribution >= 4 is 11.7 Å². The van der Waals surface area contributed by atoms with Crippen molar-refractivity contribution in [1.29, 1.82) is 0 Å². The lowest BCUT2D eigenvalue weighted by Crippen LogP contribution is -2.54. The number of anilines is 1. The molecule has 0 radical (unpaired) electrons. The third-order valence-electron chi connectivity index (χ3n) is 6.91. The number of aryl methyl sites for hydroxylation is 1. The molecule has 152 valence electrons. The first kappa shape index (κ1) is 18.5. The largest absolute Gasteiger partial charge is 0.390 e. The van der Waals surface area contributed by atoms with E-state index in [0.29, 0.717) is 13.1 Å². The lowest BCUT2D eigenvalue weighted by molar-refractivity contribution is -0.126. The second kappa shape index (κ2) is 7.07. The minimum absolute atomic E-state index is 0.0367. The number of fused-ring (bicyclic) bond motifs is 2. The molecule has 2 aromatic rings. The van der Waals surface area contributed by atoms with Crippen LogP contribution in [0, 0.1) is 6.92 Å². The summed E-state index contributed by atoms with van der Waals surface area (Å²) in [7, 11) is 0. The fraction of sp³-hybridized carbons (Fsp3) is 0.500. The maximum atomic E-state index is 12.0. The molecule has 3 aliphatic rings. The maximum absolute atomic E-state index is 12.0. The van der Waals surface area contributed by atoms with Crippen molar-refractivity contribution in [1.82, 2.24) is 20.4 Å². The zero-order valence-corrected chi connectivity index (χ0v) is 16.7. The molecule has 5 rings (SSSR count). The number of aliphatic hydroxyl groups is 1. The standard InChI is InChI=1S/C22H27N5O2/c1-15-6-7-18(25-24-15)26-11-8-22(9-12-26)17-5-3-2-4-16(17)20(21(22)29)27-13-10-23-19(28)14-27/h2-7,20-21,29H,8-14H2,1H3,(H,23,28)/t20-,21+/m1/s1. The summed E-state index contributed by atoms with van der Waals surface area (Å²) in [4.78, 5) is 16.4. The monoisotopic (exact) mass is 393 g/mol. The Bertz CT molecular complexity index is 908. The zero-order valence-electron chi connectivity index (χ0n) is 16.7. The lowest BCUT2D eigenvalue weighted by atomic mass is 9.72. The third-order valence-corrected chi connectivity index (χ3v) is 6.91. The van der Waals surface area contributed by atoms with E-state index in [1.807, 2.05) is 25.1 Å². The van der Waals surface area contributed by atoms with Crippen molar-refractivity contribution in [3.05, 3.63) is 53.2 Å². The van der Waals surface area contributed by atoms with Gasteiger partial charge in [-0.1, -0.05) is 24.3 Å². The number of piperidine rings is 1. The van der Waals surface area contributed by atoms with Gasteiger partial charge in [-0.3, -0.25) is 9.69 Å². The van der Waals surface area contributed by atoms with Crippen LogP contribution in [0.15, 0.2) is 36.4 Å². The van der Waals surface area contributed by atoms with Crippen LogP contribution in [-0.2, 0) is 10.2 Å². The summed E-state index contributed by atoms with van der Waals surface area (Å²) in [6.45, 7) is 5.35. The van der Waals surface area contributed by atoms with E-state index < -0.39 is 6.10 Å².